The van der Waals surface area contributed by atoms with E-state index in [0.29, 0.717) is 0 Å². The van der Waals surface area contributed by atoms with E-state index in [1.165, 1.54) is 13.8 Å². The predicted molar refractivity (Wildman–Crippen MR) is 73.3 cm³/mol. The summed E-state index contributed by atoms with van der Waals surface area (Å²) in [7, 11) is 0. The van der Waals surface area contributed by atoms with Crippen LogP contribution >= 0.6 is 15.9 Å². The Morgan fingerprint density at radius 3 is 2.40 bits per heavy atom. The summed E-state index contributed by atoms with van der Waals surface area (Å²) in [6, 6.07) is 0. The fourth-order valence-corrected chi connectivity index (χ4v) is 1.85. The Kier molecular flexibility index (Phi) is 5.26. The summed E-state index contributed by atoms with van der Waals surface area (Å²) in [5, 5.41) is 2.47. The van der Waals surface area contributed by atoms with Crippen molar-refractivity contribution in [3.63, 3.8) is 0 Å². The van der Waals surface area contributed by atoms with Crippen molar-refractivity contribution in [2.24, 2.45) is 0 Å². The third kappa shape index (κ3) is 3.56. The average Bonchev–Trinajstić information content (AvgIpc) is 2.36. The first kappa shape index (κ1) is 16.2. The van der Waals surface area contributed by atoms with E-state index in [-0.39, 0.29) is 29.2 Å². The zero-order valence-electron chi connectivity index (χ0n) is 11.2. The van der Waals surface area contributed by atoms with Gasteiger partial charge in [-0.3, -0.25) is 14.2 Å². The molecule has 0 aliphatic rings. The summed E-state index contributed by atoms with van der Waals surface area (Å²) in [6.45, 7) is 4.02. The van der Waals surface area contributed by atoms with Crippen molar-refractivity contribution in [3.8, 4) is 0 Å². The summed E-state index contributed by atoms with van der Waals surface area (Å²) in [5.74, 6) is -0.960. The number of aromatic nitrogens is 2. The molecule has 0 aromatic carbocycles. The molecule has 1 aromatic heterocycles. The largest absolute Gasteiger partial charge is 0.364 e. The zero-order chi connectivity index (χ0) is 15.4. The lowest BCUT2D eigenvalue weighted by atomic mass is 10.4. The Bertz CT molecular complexity index is 661. The van der Waals surface area contributed by atoms with Crippen LogP contribution in [-0.2, 0) is 16.1 Å². The molecule has 0 bridgehead atoms. The monoisotopic (exact) mass is 347 g/mol. The lowest BCUT2D eigenvalue weighted by Gasteiger charge is -2.13. The van der Waals surface area contributed by atoms with E-state index in [1.807, 2.05) is 0 Å². The van der Waals surface area contributed by atoms with Crippen molar-refractivity contribution in [2.75, 3.05) is 6.54 Å². The molecular formula is C11H14BrN3O5. The fraction of sp³-hybridized carbons (Fsp3) is 0.455. The number of carbonyl (C=O) groups is 2. The van der Waals surface area contributed by atoms with Crippen molar-refractivity contribution in [2.45, 2.75) is 27.3 Å². The number of amides is 1. The highest BCUT2D eigenvalue weighted by atomic mass is 79.9. The molecule has 1 rings (SSSR count). The number of hydrogen-bond donors (Lipinski definition) is 1. The van der Waals surface area contributed by atoms with Crippen LogP contribution in [0.3, 0.4) is 0 Å². The van der Waals surface area contributed by atoms with Gasteiger partial charge in [-0.2, -0.15) is 0 Å². The van der Waals surface area contributed by atoms with Gasteiger partial charge in [0.05, 0.1) is 5.69 Å². The van der Waals surface area contributed by atoms with Gasteiger partial charge in [-0.15, -0.1) is 4.73 Å². The fourth-order valence-electron chi connectivity index (χ4n) is 1.48. The van der Waals surface area contributed by atoms with Gasteiger partial charge in [0.2, 0.25) is 5.91 Å². The Hall–Kier alpha value is -1.90. The van der Waals surface area contributed by atoms with Gasteiger partial charge in [-0.1, -0.05) is 0 Å². The Labute approximate surface area is 122 Å². The molecule has 0 unspecified atom stereocenters. The number of nitrogens with zero attached hydrogens (tertiary/aromatic N) is 2. The Morgan fingerprint density at radius 1 is 1.30 bits per heavy atom. The number of hydrogen-bond acceptors (Lipinski definition) is 5. The Balaban J connectivity index is 3.27. The molecule has 0 spiro atoms. The number of nitrogens with one attached hydrogen (secondary N) is 1. The second-order valence-corrected chi connectivity index (χ2v) is 4.79. The van der Waals surface area contributed by atoms with Crippen LogP contribution < -0.4 is 21.4 Å². The van der Waals surface area contributed by atoms with Crippen LogP contribution in [0.4, 0.5) is 0 Å². The summed E-state index contributed by atoms with van der Waals surface area (Å²) >= 11 is 3.05. The summed E-state index contributed by atoms with van der Waals surface area (Å²) in [4.78, 5) is 50.6. The van der Waals surface area contributed by atoms with E-state index >= 15 is 0 Å². The van der Waals surface area contributed by atoms with Crippen molar-refractivity contribution >= 4 is 27.8 Å². The van der Waals surface area contributed by atoms with Gasteiger partial charge >= 0.3 is 11.7 Å². The van der Waals surface area contributed by atoms with Crippen molar-refractivity contribution in [3.05, 3.63) is 31.0 Å². The number of halogens is 1. The molecule has 1 N–H and O–H groups in total. The predicted octanol–water partition coefficient (Wildman–Crippen LogP) is -0.808. The molecule has 1 amide bonds. The summed E-state index contributed by atoms with van der Waals surface area (Å²) in [5.41, 5.74) is -1.15. The third-order valence-electron chi connectivity index (χ3n) is 2.39. The van der Waals surface area contributed by atoms with Gasteiger partial charge in [0, 0.05) is 26.9 Å². The second kappa shape index (κ2) is 6.51. The van der Waals surface area contributed by atoms with Crippen LogP contribution in [0.1, 0.15) is 19.5 Å². The molecule has 0 aliphatic heterocycles. The molecule has 0 saturated carbocycles. The lowest BCUT2D eigenvalue weighted by molar-refractivity contribution is -0.142. The maximum atomic E-state index is 12.1. The van der Waals surface area contributed by atoms with Gasteiger partial charge in [0.25, 0.3) is 5.56 Å². The van der Waals surface area contributed by atoms with E-state index in [9.17, 15) is 19.2 Å². The van der Waals surface area contributed by atoms with E-state index in [2.05, 4.69) is 21.2 Å². The number of carbonyl (C=O) groups excluding carboxylic acids is 2. The Morgan fingerprint density at radius 2 is 1.90 bits per heavy atom. The first-order valence-electron chi connectivity index (χ1n) is 5.71. The zero-order valence-corrected chi connectivity index (χ0v) is 12.8. The quantitative estimate of drug-likeness (QED) is 0.768. The summed E-state index contributed by atoms with van der Waals surface area (Å²) in [6.07, 6.45) is 0. The number of rotatable bonds is 4. The second-order valence-electron chi connectivity index (χ2n) is 4.00. The molecule has 0 aliphatic carbocycles. The van der Waals surface area contributed by atoms with Gasteiger partial charge in [0.15, 0.2) is 0 Å². The average molecular weight is 348 g/mol. The highest BCUT2D eigenvalue weighted by Gasteiger charge is 2.16. The van der Waals surface area contributed by atoms with Crippen LogP contribution in [0.25, 0.3) is 0 Å². The molecule has 0 fully saturated rings. The minimum absolute atomic E-state index is 0.0304. The molecule has 0 radical (unpaired) electrons. The van der Waals surface area contributed by atoms with Crippen LogP contribution in [-0.4, -0.2) is 27.7 Å². The van der Waals surface area contributed by atoms with Gasteiger partial charge in [0.1, 0.15) is 4.47 Å². The summed E-state index contributed by atoms with van der Waals surface area (Å²) < 4.78 is 1.72. The standard InChI is InChI=1S/C11H14BrN3O5/c1-6-9(12)10(18)14(5-4-13-7(2)16)11(19)15(6)20-8(3)17/h4-5H2,1-3H3,(H,13,16). The highest BCUT2D eigenvalue weighted by molar-refractivity contribution is 9.10. The van der Waals surface area contributed by atoms with Crippen LogP contribution in [0, 0.1) is 6.92 Å². The minimum atomic E-state index is -0.781. The lowest BCUT2D eigenvalue weighted by Crippen LogP contribution is -2.46. The van der Waals surface area contributed by atoms with Crippen molar-refractivity contribution < 1.29 is 14.4 Å². The topological polar surface area (TPSA) is 99.4 Å². The molecule has 110 valence electrons. The molecule has 20 heavy (non-hydrogen) atoms. The molecule has 8 nitrogen and oxygen atoms in total. The minimum Gasteiger partial charge on any atom is -0.355 e. The maximum Gasteiger partial charge on any atom is 0.364 e. The molecule has 9 heteroatoms. The van der Waals surface area contributed by atoms with Gasteiger partial charge in [-0.25, -0.2) is 9.59 Å². The van der Waals surface area contributed by atoms with E-state index < -0.39 is 17.2 Å². The van der Waals surface area contributed by atoms with E-state index in [4.69, 9.17) is 4.84 Å². The van der Waals surface area contributed by atoms with Crippen LogP contribution in [0.15, 0.2) is 14.1 Å². The first-order valence-corrected chi connectivity index (χ1v) is 6.50. The van der Waals surface area contributed by atoms with E-state index in [1.54, 1.807) is 0 Å². The van der Waals surface area contributed by atoms with Gasteiger partial charge in [-0.05, 0) is 22.9 Å². The van der Waals surface area contributed by atoms with Crippen LogP contribution in [0.2, 0.25) is 0 Å². The van der Waals surface area contributed by atoms with Crippen LogP contribution in [0.5, 0.6) is 0 Å². The van der Waals surface area contributed by atoms with Crippen molar-refractivity contribution in [1.29, 1.82) is 0 Å². The smallest absolute Gasteiger partial charge is 0.355 e. The SMILES string of the molecule is CC(=O)NCCn1c(=O)c(Br)c(C)n(OC(C)=O)c1=O. The van der Waals surface area contributed by atoms with Crippen molar-refractivity contribution in [1.82, 2.24) is 14.6 Å². The molecule has 1 aromatic rings. The third-order valence-corrected chi connectivity index (χ3v) is 3.30. The molecular weight excluding hydrogens is 334 g/mol. The highest BCUT2D eigenvalue weighted by Crippen LogP contribution is 2.07. The molecule has 0 saturated heterocycles. The normalized spacial score (nSPS) is 10.2. The molecule has 1 heterocycles. The maximum absolute atomic E-state index is 12.1. The van der Waals surface area contributed by atoms with E-state index in [0.717, 1.165) is 16.2 Å². The molecule has 0 atom stereocenters. The first-order chi connectivity index (χ1) is 9.25. The van der Waals surface area contributed by atoms with Gasteiger partial charge < -0.3 is 10.2 Å².